The van der Waals surface area contributed by atoms with Crippen LogP contribution in [-0.2, 0) is 11.3 Å². The molecule has 1 fully saturated rings. The molecule has 2 aliphatic rings. The molecule has 0 N–H and O–H groups in total. The summed E-state index contributed by atoms with van der Waals surface area (Å²) in [5, 5.41) is 0. The standard InChI is InChI=1S/C17H13F2N3O2/c18-12-3-1-11(15(19)7-12)2-4-13-8-16-21-5-6-24-10-14(21)9-22(16)17(23)20-13/h1,3,7-8,14H,5-6,9-10H2/t14-/m0/s1. The van der Waals surface area contributed by atoms with E-state index in [9.17, 15) is 13.6 Å². The van der Waals surface area contributed by atoms with Gasteiger partial charge in [0.1, 0.15) is 23.1 Å². The van der Waals surface area contributed by atoms with Crippen LogP contribution in [0.15, 0.2) is 29.1 Å². The maximum atomic E-state index is 13.6. The summed E-state index contributed by atoms with van der Waals surface area (Å²) in [6.45, 7) is 2.42. The molecule has 2 aliphatic heterocycles. The first kappa shape index (κ1) is 14.8. The van der Waals surface area contributed by atoms with E-state index in [1.807, 2.05) is 0 Å². The fourth-order valence-electron chi connectivity index (χ4n) is 3.01. The van der Waals surface area contributed by atoms with Gasteiger partial charge in [-0.3, -0.25) is 4.57 Å². The lowest BCUT2D eigenvalue weighted by Gasteiger charge is -2.30. The fraction of sp³-hybridized carbons (Fsp3) is 0.294. The zero-order valence-corrected chi connectivity index (χ0v) is 12.6. The largest absolute Gasteiger partial charge is 0.377 e. The highest BCUT2D eigenvalue weighted by Crippen LogP contribution is 2.26. The Bertz CT molecular complexity index is 930. The molecule has 3 heterocycles. The van der Waals surface area contributed by atoms with Crippen LogP contribution in [0.1, 0.15) is 11.3 Å². The lowest BCUT2D eigenvalue weighted by atomic mass is 10.2. The molecular formula is C17H13F2N3O2. The summed E-state index contributed by atoms with van der Waals surface area (Å²) in [5.74, 6) is 4.65. The number of hydrogen-bond donors (Lipinski definition) is 0. The van der Waals surface area contributed by atoms with Crippen molar-refractivity contribution in [2.45, 2.75) is 12.6 Å². The molecule has 7 heteroatoms. The zero-order chi connectivity index (χ0) is 16.7. The molecule has 5 nitrogen and oxygen atoms in total. The molecule has 4 rings (SSSR count). The first-order chi connectivity index (χ1) is 11.6. The maximum absolute atomic E-state index is 13.6. The molecule has 1 saturated heterocycles. The summed E-state index contributed by atoms with van der Waals surface area (Å²) in [4.78, 5) is 18.2. The summed E-state index contributed by atoms with van der Waals surface area (Å²) in [5.41, 5.74) is -0.0593. The van der Waals surface area contributed by atoms with Crippen molar-refractivity contribution < 1.29 is 13.5 Å². The van der Waals surface area contributed by atoms with Crippen LogP contribution in [0.3, 0.4) is 0 Å². The molecule has 1 atom stereocenters. The predicted molar refractivity (Wildman–Crippen MR) is 82.8 cm³/mol. The minimum Gasteiger partial charge on any atom is -0.377 e. The summed E-state index contributed by atoms with van der Waals surface area (Å²) >= 11 is 0. The Morgan fingerprint density at radius 3 is 2.96 bits per heavy atom. The second-order valence-corrected chi connectivity index (χ2v) is 5.69. The van der Waals surface area contributed by atoms with E-state index in [-0.39, 0.29) is 23.0 Å². The molecular weight excluding hydrogens is 316 g/mol. The highest BCUT2D eigenvalue weighted by atomic mass is 19.1. The monoisotopic (exact) mass is 329 g/mol. The number of nitrogens with zero attached hydrogens (tertiary/aromatic N) is 3. The summed E-state index contributed by atoms with van der Waals surface area (Å²) < 4.78 is 33.6. The third-order valence-electron chi connectivity index (χ3n) is 4.16. The lowest BCUT2D eigenvalue weighted by Crippen LogP contribution is -2.43. The first-order valence-electron chi connectivity index (χ1n) is 7.55. The minimum atomic E-state index is -0.742. The van der Waals surface area contributed by atoms with Gasteiger partial charge in [-0.2, -0.15) is 4.98 Å². The van der Waals surface area contributed by atoms with Crippen LogP contribution in [-0.4, -0.2) is 35.4 Å². The Labute approximate surface area is 136 Å². The Balaban J connectivity index is 1.71. The van der Waals surface area contributed by atoms with Gasteiger partial charge in [0.2, 0.25) is 0 Å². The average Bonchev–Trinajstić information content (AvgIpc) is 2.94. The van der Waals surface area contributed by atoms with Crippen molar-refractivity contribution in [3.8, 4) is 11.8 Å². The number of aromatic nitrogens is 2. The van der Waals surface area contributed by atoms with Gasteiger partial charge in [0.15, 0.2) is 0 Å². The number of hydrogen-bond acceptors (Lipinski definition) is 4. The molecule has 2 aromatic rings. The van der Waals surface area contributed by atoms with E-state index >= 15 is 0 Å². The van der Waals surface area contributed by atoms with Gasteiger partial charge < -0.3 is 9.64 Å². The minimum absolute atomic E-state index is 0.0584. The quantitative estimate of drug-likeness (QED) is 0.680. The molecule has 122 valence electrons. The number of fused-ring (bicyclic) bond motifs is 3. The van der Waals surface area contributed by atoms with E-state index in [0.29, 0.717) is 26.3 Å². The van der Waals surface area contributed by atoms with Crippen molar-refractivity contribution >= 4 is 5.82 Å². The van der Waals surface area contributed by atoms with Gasteiger partial charge >= 0.3 is 5.69 Å². The average molecular weight is 329 g/mol. The number of benzene rings is 1. The smallest absolute Gasteiger partial charge is 0.350 e. The fourth-order valence-corrected chi connectivity index (χ4v) is 3.01. The van der Waals surface area contributed by atoms with Crippen LogP contribution in [0.5, 0.6) is 0 Å². The van der Waals surface area contributed by atoms with Crippen LogP contribution in [0.25, 0.3) is 0 Å². The van der Waals surface area contributed by atoms with Crippen molar-refractivity contribution in [1.29, 1.82) is 0 Å². The van der Waals surface area contributed by atoms with E-state index in [1.54, 1.807) is 10.6 Å². The molecule has 0 amide bonds. The normalized spacial score (nSPS) is 18.6. The molecule has 24 heavy (non-hydrogen) atoms. The van der Waals surface area contributed by atoms with Crippen LogP contribution < -0.4 is 10.6 Å². The van der Waals surface area contributed by atoms with Gasteiger partial charge in [0.25, 0.3) is 0 Å². The second-order valence-electron chi connectivity index (χ2n) is 5.69. The second kappa shape index (κ2) is 5.73. The third-order valence-corrected chi connectivity index (χ3v) is 4.16. The van der Waals surface area contributed by atoms with E-state index in [1.165, 1.54) is 6.07 Å². The summed E-state index contributed by atoms with van der Waals surface area (Å²) in [7, 11) is 0. The number of halogens is 2. The number of rotatable bonds is 0. The Kier molecular flexibility index (Phi) is 3.54. The summed E-state index contributed by atoms with van der Waals surface area (Å²) in [6.07, 6.45) is 0. The van der Waals surface area contributed by atoms with Gasteiger partial charge in [0.05, 0.1) is 31.4 Å². The SMILES string of the molecule is O=c1nc(C#Cc2ccc(F)cc2F)cc2n1C[C@H]1COCCN21. The van der Waals surface area contributed by atoms with Gasteiger partial charge in [0, 0.05) is 18.7 Å². The van der Waals surface area contributed by atoms with Crippen molar-refractivity contribution in [2.75, 3.05) is 24.7 Å². The van der Waals surface area contributed by atoms with Gasteiger partial charge in [-0.15, -0.1) is 0 Å². The highest BCUT2D eigenvalue weighted by molar-refractivity contribution is 5.50. The van der Waals surface area contributed by atoms with E-state index < -0.39 is 11.6 Å². The Hall–Kier alpha value is -2.72. The molecule has 1 aromatic carbocycles. The van der Waals surface area contributed by atoms with Crippen molar-refractivity contribution in [3.63, 3.8) is 0 Å². The van der Waals surface area contributed by atoms with Crippen LogP contribution in [0.2, 0.25) is 0 Å². The van der Waals surface area contributed by atoms with E-state index in [4.69, 9.17) is 4.74 Å². The van der Waals surface area contributed by atoms with Crippen LogP contribution in [0, 0.1) is 23.5 Å². The lowest BCUT2D eigenvalue weighted by molar-refractivity contribution is 0.0956. The third kappa shape index (κ3) is 2.55. The number of ether oxygens (including phenoxy) is 1. The first-order valence-corrected chi connectivity index (χ1v) is 7.55. The highest BCUT2D eigenvalue weighted by Gasteiger charge is 2.33. The molecule has 0 unspecified atom stereocenters. The van der Waals surface area contributed by atoms with E-state index in [0.717, 1.165) is 18.0 Å². The van der Waals surface area contributed by atoms with E-state index in [2.05, 4.69) is 21.7 Å². The molecule has 0 radical (unpaired) electrons. The van der Waals surface area contributed by atoms with Gasteiger partial charge in [-0.05, 0) is 18.1 Å². The molecule has 0 saturated carbocycles. The van der Waals surface area contributed by atoms with Crippen molar-refractivity contribution in [2.24, 2.45) is 0 Å². The zero-order valence-electron chi connectivity index (χ0n) is 12.6. The molecule has 1 aromatic heterocycles. The Morgan fingerprint density at radius 1 is 1.25 bits per heavy atom. The van der Waals surface area contributed by atoms with Crippen molar-refractivity contribution in [3.05, 3.63) is 57.6 Å². The number of anilines is 1. The van der Waals surface area contributed by atoms with Gasteiger partial charge in [-0.1, -0.05) is 5.92 Å². The summed E-state index contributed by atoms with van der Waals surface area (Å²) in [6, 6.07) is 5.02. The predicted octanol–water partition coefficient (Wildman–Crippen LogP) is 1.14. The number of morpholine rings is 1. The molecule has 0 spiro atoms. The maximum Gasteiger partial charge on any atom is 0.350 e. The Morgan fingerprint density at radius 2 is 2.12 bits per heavy atom. The topological polar surface area (TPSA) is 47.4 Å². The molecule has 0 aliphatic carbocycles. The van der Waals surface area contributed by atoms with Gasteiger partial charge in [-0.25, -0.2) is 13.6 Å². The van der Waals surface area contributed by atoms with Crippen molar-refractivity contribution in [1.82, 2.24) is 9.55 Å². The van der Waals surface area contributed by atoms with Crippen LogP contribution in [0.4, 0.5) is 14.6 Å². The van der Waals surface area contributed by atoms with Crippen LogP contribution >= 0.6 is 0 Å². The molecule has 0 bridgehead atoms.